The Bertz CT molecular complexity index is 462. The Morgan fingerprint density at radius 3 is 2.60 bits per heavy atom. The number of hydrogen-bond acceptors (Lipinski definition) is 5. The second kappa shape index (κ2) is 7.19. The van der Waals surface area contributed by atoms with Gasteiger partial charge in [0.1, 0.15) is 5.82 Å². The predicted molar refractivity (Wildman–Crippen MR) is 78.9 cm³/mol. The molecule has 6 nitrogen and oxygen atoms in total. The van der Waals surface area contributed by atoms with E-state index in [-0.39, 0.29) is 24.5 Å². The van der Waals surface area contributed by atoms with Gasteiger partial charge < -0.3 is 15.3 Å². The van der Waals surface area contributed by atoms with E-state index in [4.69, 9.17) is 0 Å². The average molecular weight is 280 g/mol. The maximum atomic E-state index is 12.5. The summed E-state index contributed by atoms with van der Waals surface area (Å²) in [5.74, 6) is 0.574. The number of anilines is 1. The van der Waals surface area contributed by atoms with Crippen molar-refractivity contribution in [2.24, 2.45) is 0 Å². The van der Waals surface area contributed by atoms with Gasteiger partial charge in [-0.3, -0.25) is 4.79 Å². The van der Waals surface area contributed by atoms with Gasteiger partial charge in [0.15, 0.2) is 5.69 Å². The van der Waals surface area contributed by atoms with E-state index in [9.17, 15) is 9.90 Å². The molecule has 0 fully saturated rings. The van der Waals surface area contributed by atoms with Crippen molar-refractivity contribution in [2.75, 3.05) is 25.5 Å². The van der Waals surface area contributed by atoms with Crippen LogP contribution in [-0.4, -0.2) is 52.1 Å². The van der Waals surface area contributed by atoms with Crippen LogP contribution >= 0.6 is 0 Å². The zero-order chi connectivity index (χ0) is 15.3. The predicted octanol–water partition coefficient (Wildman–Crippen LogP) is 1.48. The number of nitrogens with one attached hydrogen (secondary N) is 1. The third-order valence-electron chi connectivity index (χ3n) is 3.14. The average Bonchev–Trinajstić information content (AvgIpc) is 2.45. The molecule has 0 aliphatic rings. The monoisotopic (exact) mass is 280 g/mol. The van der Waals surface area contributed by atoms with Crippen LogP contribution in [0.15, 0.2) is 6.20 Å². The van der Waals surface area contributed by atoms with Gasteiger partial charge in [-0.1, -0.05) is 13.8 Å². The van der Waals surface area contributed by atoms with Crippen LogP contribution in [0.2, 0.25) is 0 Å². The summed E-state index contributed by atoms with van der Waals surface area (Å²) in [7, 11) is 1.66. The molecule has 1 aromatic rings. The fraction of sp³-hybridized carbons (Fsp3) is 0.643. The summed E-state index contributed by atoms with van der Waals surface area (Å²) < 4.78 is 0. The van der Waals surface area contributed by atoms with Gasteiger partial charge in [-0.2, -0.15) is 0 Å². The lowest BCUT2D eigenvalue weighted by molar-refractivity contribution is 0.0677. The molecule has 1 amide bonds. The Balaban J connectivity index is 3.17. The molecule has 6 heteroatoms. The summed E-state index contributed by atoms with van der Waals surface area (Å²) in [6.07, 6.45) is 1.65. The van der Waals surface area contributed by atoms with Crippen LogP contribution in [0.5, 0.6) is 0 Å². The van der Waals surface area contributed by atoms with E-state index in [1.165, 1.54) is 4.90 Å². The molecule has 1 atom stereocenters. The molecule has 0 bridgehead atoms. The van der Waals surface area contributed by atoms with Crippen molar-refractivity contribution in [3.05, 3.63) is 17.7 Å². The zero-order valence-corrected chi connectivity index (χ0v) is 12.8. The first-order valence-electron chi connectivity index (χ1n) is 6.91. The Morgan fingerprint density at radius 2 is 2.10 bits per heavy atom. The number of aromatic nitrogens is 2. The molecule has 1 aromatic heterocycles. The van der Waals surface area contributed by atoms with Crippen LogP contribution in [-0.2, 0) is 0 Å². The number of rotatable bonds is 6. The minimum absolute atomic E-state index is 0.0824. The van der Waals surface area contributed by atoms with Crippen LogP contribution in [0.3, 0.4) is 0 Å². The highest BCUT2D eigenvalue weighted by atomic mass is 16.3. The van der Waals surface area contributed by atoms with Gasteiger partial charge >= 0.3 is 0 Å². The first-order valence-corrected chi connectivity index (χ1v) is 6.91. The van der Waals surface area contributed by atoms with Gasteiger partial charge in [-0.15, -0.1) is 0 Å². The van der Waals surface area contributed by atoms with Crippen molar-refractivity contribution >= 4 is 11.6 Å². The van der Waals surface area contributed by atoms with Crippen molar-refractivity contribution in [3.63, 3.8) is 0 Å². The second-order valence-electron chi connectivity index (χ2n) is 5.12. The number of aliphatic hydroxyl groups excluding tert-OH is 1. The number of nitrogens with zero attached hydrogens (tertiary/aromatic N) is 3. The SMILES string of the molecule is CCNc1cnc(C(C)C)nc1C(=O)N(C)C(C)CO. The van der Waals surface area contributed by atoms with Crippen LogP contribution < -0.4 is 5.32 Å². The third kappa shape index (κ3) is 3.66. The summed E-state index contributed by atoms with van der Waals surface area (Å²) in [5, 5.41) is 12.3. The number of carbonyl (C=O) groups is 1. The minimum atomic E-state index is -0.255. The third-order valence-corrected chi connectivity index (χ3v) is 3.14. The highest BCUT2D eigenvalue weighted by molar-refractivity contribution is 5.97. The molecule has 0 aromatic carbocycles. The van der Waals surface area contributed by atoms with E-state index in [2.05, 4.69) is 15.3 Å². The summed E-state index contributed by atoms with van der Waals surface area (Å²) in [6.45, 7) is 8.30. The molecule has 1 rings (SSSR count). The van der Waals surface area contributed by atoms with Crippen molar-refractivity contribution in [3.8, 4) is 0 Å². The van der Waals surface area contributed by atoms with E-state index in [1.807, 2.05) is 20.8 Å². The normalized spacial score (nSPS) is 12.3. The number of aliphatic hydroxyl groups is 1. The highest BCUT2D eigenvalue weighted by Crippen LogP contribution is 2.18. The number of likely N-dealkylation sites (N-methyl/N-ethyl adjacent to an activating group) is 1. The van der Waals surface area contributed by atoms with Gasteiger partial charge in [0.2, 0.25) is 0 Å². The lowest BCUT2D eigenvalue weighted by atomic mass is 10.2. The molecule has 112 valence electrons. The zero-order valence-electron chi connectivity index (χ0n) is 12.8. The Hall–Kier alpha value is -1.69. The number of carbonyl (C=O) groups excluding carboxylic acids is 1. The van der Waals surface area contributed by atoms with E-state index in [1.54, 1.807) is 20.2 Å². The molecule has 2 N–H and O–H groups in total. The summed E-state index contributed by atoms with van der Waals surface area (Å²) in [6, 6.07) is -0.255. The summed E-state index contributed by atoms with van der Waals surface area (Å²) >= 11 is 0. The van der Waals surface area contributed by atoms with E-state index in [0.717, 1.165) is 0 Å². The maximum absolute atomic E-state index is 12.5. The second-order valence-corrected chi connectivity index (χ2v) is 5.12. The van der Waals surface area contributed by atoms with E-state index >= 15 is 0 Å². The molecule has 0 aliphatic carbocycles. The van der Waals surface area contributed by atoms with E-state index < -0.39 is 0 Å². The standard InChI is InChI=1S/C14H24N4O2/c1-6-15-11-7-16-13(9(2)3)17-12(11)14(20)18(5)10(4)8-19/h7,9-10,15,19H,6,8H2,1-5H3. The van der Waals surface area contributed by atoms with Gasteiger partial charge in [0.25, 0.3) is 5.91 Å². The Labute approximate surface area is 120 Å². The molecular formula is C14H24N4O2. The molecule has 20 heavy (non-hydrogen) atoms. The summed E-state index contributed by atoms with van der Waals surface area (Å²) in [4.78, 5) is 22.6. The van der Waals surface area contributed by atoms with Crippen molar-refractivity contribution in [1.82, 2.24) is 14.9 Å². The number of hydrogen-bond donors (Lipinski definition) is 2. The van der Waals surface area contributed by atoms with Gasteiger partial charge in [0, 0.05) is 19.5 Å². The van der Waals surface area contributed by atoms with Crippen LogP contribution in [0.25, 0.3) is 0 Å². The number of amides is 1. The maximum Gasteiger partial charge on any atom is 0.274 e. The lowest BCUT2D eigenvalue weighted by Crippen LogP contribution is -2.38. The lowest BCUT2D eigenvalue weighted by Gasteiger charge is -2.24. The summed E-state index contributed by atoms with van der Waals surface area (Å²) in [5.41, 5.74) is 0.979. The first-order chi connectivity index (χ1) is 9.42. The molecule has 0 radical (unpaired) electrons. The quantitative estimate of drug-likeness (QED) is 0.825. The largest absolute Gasteiger partial charge is 0.394 e. The first kappa shape index (κ1) is 16.4. The fourth-order valence-corrected chi connectivity index (χ4v) is 1.65. The highest BCUT2D eigenvalue weighted by Gasteiger charge is 2.22. The Kier molecular flexibility index (Phi) is 5.88. The molecule has 0 aliphatic heterocycles. The van der Waals surface area contributed by atoms with Gasteiger partial charge in [-0.25, -0.2) is 9.97 Å². The molecule has 1 unspecified atom stereocenters. The molecule has 0 saturated heterocycles. The van der Waals surface area contributed by atoms with Gasteiger partial charge in [-0.05, 0) is 13.8 Å². The van der Waals surface area contributed by atoms with Crippen LogP contribution in [0, 0.1) is 0 Å². The van der Waals surface area contributed by atoms with Crippen molar-refractivity contribution in [1.29, 1.82) is 0 Å². The smallest absolute Gasteiger partial charge is 0.274 e. The topological polar surface area (TPSA) is 78.4 Å². The van der Waals surface area contributed by atoms with Crippen LogP contribution in [0.4, 0.5) is 5.69 Å². The Morgan fingerprint density at radius 1 is 1.45 bits per heavy atom. The molecule has 0 spiro atoms. The molecule has 1 heterocycles. The van der Waals surface area contributed by atoms with Gasteiger partial charge in [0.05, 0.1) is 24.5 Å². The van der Waals surface area contributed by atoms with E-state index in [0.29, 0.717) is 23.8 Å². The van der Waals surface area contributed by atoms with Crippen molar-refractivity contribution < 1.29 is 9.90 Å². The van der Waals surface area contributed by atoms with Crippen molar-refractivity contribution in [2.45, 2.75) is 39.7 Å². The fourth-order valence-electron chi connectivity index (χ4n) is 1.65. The molecular weight excluding hydrogens is 256 g/mol. The molecule has 0 saturated carbocycles. The minimum Gasteiger partial charge on any atom is -0.394 e. The van der Waals surface area contributed by atoms with Crippen LogP contribution in [0.1, 0.15) is 49.9 Å².